The molecule has 0 radical (unpaired) electrons. The van der Waals surface area contributed by atoms with Gasteiger partial charge >= 0.3 is 0 Å². The van der Waals surface area contributed by atoms with E-state index in [0.717, 1.165) is 5.56 Å². The molecule has 1 N–H and O–H groups in total. The van der Waals surface area contributed by atoms with Crippen LogP contribution in [0.2, 0.25) is 0 Å². The fourth-order valence-corrected chi connectivity index (χ4v) is 2.59. The largest absolute Gasteiger partial charge is 0.593 e. The number of halogens is 1. The monoisotopic (exact) mass is 263 g/mol. The molecular weight excluding hydrogens is 249 g/mol. The van der Waals surface area contributed by atoms with E-state index in [1.807, 2.05) is 19.1 Å². The fourth-order valence-electron chi connectivity index (χ4n) is 1.81. The van der Waals surface area contributed by atoms with E-state index in [-0.39, 0.29) is 5.82 Å². The Kier molecular flexibility index (Phi) is 4.01. The number of nitrogens with one attached hydrogen (secondary N) is 1. The van der Waals surface area contributed by atoms with Crippen molar-refractivity contribution < 1.29 is 8.94 Å². The van der Waals surface area contributed by atoms with E-state index in [1.54, 1.807) is 31.3 Å². The normalized spacial score (nSPS) is 12.4. The minimum atomic E-state index is -1.34. The molecule has 2 nitrogen and oxygen atoms in total. The van der Waals surface area contributed by atoms with Crippen LogP contribution < -0.4 is 4.72 Å². The average molecular weight is 263 g/mol. The van der Waals surface area contributed by atoms with Crippen molar-refractivity contribution in [3.8, 4) is 11.1 Å². The highest BCUT2D eigenvalue weighted by Gasteiger charge is 2.18. The van der Waals surface area contributed by atoms with E-state index in [1.165, 1.54) is 6.07 Å². The predicted octanol–water partition coefficient (Wildman–Crippen LogP) is 3.04. The number of aryl methyl sites for hydroxylation is 1. The summed E-state index contributed by atoms with van der Waals surface area (Å²) in [5.41, 5.74) is 2.14. The van der Waals surface area contributed by atoms with Crippen molar-refractivity contribution in [1.82, 2.24) is 4.72 Å². The second-order valence-corrected chi connectivity index (χ2v) is 5.34. The molecule has 0 spiro atoms. The zero-order valence-corrected chi connectivity index (χ0v) is 11.1. The molecule has 1 atom stereocenters. The van der Waals surface area contributed by atoms with Crippen molar-refractivity contribution in [2.45, 2.75) is 11.8 Å². The van der Waals surface area contributed by atoms with Crippen LogP contribution in [-0.2, 0) is 11.4 Å². The molecule has 0 saturated heterocycles. The van der Waals surface area contributed by atoms with Crippen molar-refractivity contribution >= 4 is 11.4 Å². The van der Waals surface area contributed by atoms with Crippen molar-refractivity contribution in [2.75, 3.05) is 7.05 Å². The summed E-state index contributed by atoms with van der Waals surface area (Å²) >= 11 is -1.34. The van der Waals surface area contributed by atoms with Crippen LogP contribution in [0.25, 0.3) is 11.1 Å². The molecule has 0 fully saturated rings. The summed E-state index contributed by atoms with van der Waals surface area (Å²) < 4.78 is 28.4. The summed E-state index contributed by atoms with van der Waals surface area (Å²) in [4.78, 5) is 0.591. The van der Waals surface area contributed by atoms with Crippen LogP contribution >= 0.6 is 0 Å². The molecule has 0 bridgehead atoms. The number of benzene rings is 2. The molecule has 0 heterocycles. The minimum Gasteiger partial charge on any atom is -0.593 e. The molecule has 4 heteroatoms. The summed E-state index contributed by atoms with van der Waals surface area (Å²) in [6, 6.07) is 12.0. The Morgan fingerprint density at radius 2 is 1.83 bits per heavy atom. The van der Waals surface area contributed by atoms with Gasteiger partial charge in [-0.15, -0.1) is 4.72 Å². The highest BCUT2D eigenvalue weighted by atomic mass is 32.2. The van der Waals surface area contributed by atoms with Gasteiger partial charge in [-0.1, -0.05) is 29.8 Å². The standard InChI is InChI=1S/C14H14FNOS/c1-10-7-8-14(18(17)16-2)12(9-10)11-5-3-4-6-13(11)15/h3-9,16H,1-2H3. The lowest BCUT2D eigenvalue weighted by Gasteiger charge is -2.13. The molecule has 94 valence electrons. The highest BCUT2D eigenvalue weighted by Crippen LogP contribution is 2.30. The van der Waals surface area contributed by atoms with Crippen LogP contribution in [0.1, 0.15) is 5.56 Å². The van der Waals surface area contributed by atoms with E-state index in [0.29, 0.717) is 16.0 Å². The third kappa shape index (κ3) is 2.56. The van der Waals surface area contributed by atoms with Gasteiger partial charge in [0, 0.05) is 18.2 Å². The Labute approximate surface area is 109 Å². The van der Waals surface area contributed by atoms with Gasteiger partial charge in [-0.3, -0.25) is 0 Å². The lowest BCUT2D eigenvalue weighted by Crippen LogP contribution is -2.19. The van der Waals surface area contributed by atoms with Crippen LogP contribution in [0.4, 0.5) is 4.39 Å². The van der Waals surface area contributed by atoms with Gasteiger partial charge in [0.25, 0.3) is 0 Å². The van der Waals surface area contributed by atoms with Gasteiger partial charge in [-0.2, -0.15) is 0 Å². The Bertz CT molecular complexity index is 559. The summed E-state index contributed by atoms with van der Waals surface area (Å²) in [6.45, 7) is 1.93. The van der Waals surface area contributed by atoms with E-state index in [9.17, 15) is 8.94 Å². The number of hydrogen-bond donors (Lipinski definition) is 1. The molecule has 0 aliphatic heterocycles. The van der Waals surface area contributed by atoms with E-state index in [2.05, 4.69) is 4.72 Å². The third-order valence-corrected chi connectivity index (χ3v) is 3.81. The van der Waals surface area contributed by atoms with E-state index in [4.69, 9.17) is 0 Å². The molecular formula is C14H14FNOS. The average Bonchev–Trinajstić information content (AvgIpc) is 2.38. The quantitative estimate of drug-likeness (QED) is 0.864. The lowest BCUT2D eigenvalue weighted by molar-refractivity contribution is 0.587. The molecule has 2 aromatic carbocycles. The van der Waals surface area contributed by atoms with Gasteiger partial charge in [-0.05, 0) is 25.1 Å². The van der Waals surface area contributed by atoms with Crippen LogP contribution in [0.5, 0.6) is 0 Å². The SMILES string of the molecule is CN[S+]([O-])c1ccc(C)cc1-c1ccccc1F. The Balaban J connectivity index is 2.62. The Morgan fingerprint density at radius 3 is 2.50 bits per heavy atom. The van der Waals surface area contributed by atoms with Gasteiger partial charge in [0.05, 0.1) is 11.4 Å². The van der Waals surface area contributed by atoms with Crippen molar-refractivity contribution in [3.05, 3.63) is 53.8 Å². The van der Waals surface area contributed by atoms with Gasteiger partial charge in [-0.25, -0.2) is 4.39 Å². The topological polar surface area (TPSA) is 35.1 Å². The molecule has 0 aromatic heterocycles. The van der Waals surface area contributed by atoms with E-state index < -0.39 is 11.4 Å². The van der Waals surface area contributed by atoms with Crippen LogP contribution in [-0.4, -0.2) is 11.6 Å². The van der Waals surface area contributed by atoms with Gasteiger partial charge in [0.2, 0.25) is 0 Å². The number of hydrogen-bond acceptors (Lipinski definition) is 2. The van der Waals surface area contributed by atoms with Gasteiger partial charge in [0.15, 0.2) is 4.90 Å². The van der Waals surface area contributed by atoms with Crippen LogP contribution in [0.15, 0.2) is 47.4 Å². The van der Waals surface area contributed by atoms with Crippen LogP contribution in [0, 0.1) is 12.7 Å². The molecule has 2 aromatic rings. The van der Waals surface area contributed by atoms with Crippen LogP contribution in [0.3, 0.4) is 0 Å². The predicted molar refractivity (Wildman–Crippen MR) is 72.0 cm³/mol. The second kappa shape index (κ2) is 5.52. The Hall–Kier alpha value is -1.36. The van der Waals surface area contributed by atoms with E-state index >= 15 is 0 Å². The van der Waals surface area contributed by atoms with Gasteiger partial charge < -0.3 is 4.55 Å². The molecule has 1 unspecified atom stereocenters. The Morgan fingerprint density at radius 1 is 1.11 bits per heavy atom. The molecule has 2 rings (SSSR count). The molecule has 0 amide bonds. The molecule has 0 aliphatic carbocycles. The minimum absolute atomic E-state index is 0.308. The maximum absolute atomic E-state index is 13.8. The first-order valence-electron chi connectivity index (χ1n) is 5.58. The van der Waals surface area contributed by atoms with Crippen molar-refractivity contribution in [1.29, 1.82) is 0 Å². The third-order valence-electron chi connectivity index (χ3n) is 2.68. The summed E-state index contributed by atoms with van der Waals surface area (Å²) in [5, 5.41) is 0. The first kappa shape index (κ1) is 13.1. The maximum Gasteiger partial charge on any atom is 0.181 e. The zero-order valence-electron chi connectivity index (χ0n) is 10.2. The molecule has 0 aliphatic rings. The summed E-state index contributed by atoms with van der Waals surface area (Å²) in [6.07, 6.45) is 0. The number of rotatable bonds is 3. The second-order valence-electron chi connectivity index (χ2n) is 3.95. The first-order chi connectivity index (χ1) is 8.63. The summed E-state index contributed by atoms with van der Waals surface area (Å²) in [7, 11) is 1.61. The molecule has 0 saturated carbocycles. The summed E-state index contributed by atoms with van der Waals surface area (Å²) in [5.74, 6) is -0.308. The van der Waals surface area contributed by atoms with Crippen molar-refractivity contribution in [2.24, 2.45) is 0 Å². The van der Waals surface area contributed by atoms with Crippen molar-refractivity contribution in [3.63, 3.8) is 0 Å². The highest BCUT2D eigenvalue weighted by molar-refractivity contribution is 7.89. The maximum atomic E-state index is 13.8. The smallest absolute Gasteiger partial charge is 0.181 e. The zero-order chi connectivity index (χ0) is 13.1. The molecule has 18 heavy (non-hydrogen) atoms. The fraction of sp³-hybridized carbons (Fsp3) is 0.143. The lowest BCUT2D eigenvalue weighted by atomic mass is 10.0. The first-order valence-corrected chi connectivity index (χ1v) is 6.73. The van der Waals surface area contributed by atoms with Gasteiger partial charge in [0.1, 0.15) is 5.82 Å².